The zero-order valence-corrected chi connectivity index (χ0v) is 37.4. The van der Waals surface area contributed by atoms with Crippen molar-refractivity contribution >= 4 is 59.8 Å². The molecule has 0 bridgehead atoms. The number of nitrogens with zero attached hydrogens (tertiary/aromatic N) is 5. The van der Waals surface area contributed by atoms with Gasteiger partial charge in [0.2, 0.25) is 0 Å². The number of hydrogen-bond donors (Lipinski definition) is 0. The van der Waals surface area contributed by atoms with Gasteiger partial charge in [-0.15, -0.1) is 24.5 Å². The summed E-state index contributed by atoms with van der Waals surface area (Å²) in [6, 6.07) is 43.1. The van der Waals surface area contributed by atoms with Crippen LogP contribution >= 0.6 is 11.3 Å². The number of fused-ring (bicyclic) bond motifs is 4. The summed E-state index contributed by atoms with van der Waals surface area (Å²) in [4.78, 5) is 25.5. The number of allylic oxidation sites excluding steroid dienone is 8. The lowest BCUT2D eigenvalue weighted by Crippen LogP contribution is -2.04. The van der Waals surface area contributed by atoms with Crippen LogP contribution in [0.5, 0.6) is 0 Å². The number of benzene rings is 5. The summed E-state index contributed by atoms with van der Waals surface area (Å²) >= 11 is 1.72. The van der Waals surface area contributed by atoms with Gasteiger partial charge in [0.15, 0.2) is 23.3 Å². The Morgan fingerprint density at radius 2 is 1.20 bits per heavy atom. The SMILES string of the molecule is C/C=C\C.C=C.C=C/C=C(\C=C/C)c1ccc(-c2nc(/C(=C/C)c3c(C=C)oc4cc(-c5nc(-c6ccccc6)c6sc7ccccc7c6n5)ccc34)nc(-c3ccccc3)n2)cc1. The van der Waals surface area contributed by atoms with Crippen molar-refractivity contribution in [2.24, 2.45) is 0 Å². The van der Waals surface area contributed by atoms with E-state index < -0.39 is 0 Å². The molecule has 0 N–H and O–H groups in total. The van der Waals surface area contributed by atoms with Gasteiger partial charge in [-0.25, -0.2) is 24.9 Å². The first kappa shape index (κ1) is 44.2. The second-order valence-electron chi connectivity index (χ2n) is 14.3. The fourth-order valence-corrected chi connectivity index (χ4v) is 8.43. The maximum Gasteiger partial charge on any atom is 0.164 e. The van der Waals surface area contributed by atoms with E-state index in [0.29, 0.717) is 34.6 Å². The van der Waals surface area contributed by atoms with Crippen molar-refractivity contribution in [3.63, 3.8) is 0 Å². The van der Waals surface area contributed by atoms with Gasteiger partial charge in [-0.1, -0.05) is 165 Å². The zero-order chi connectivity index (χ0) is 45.0. The highest BCUT2D eigenvalue weighted by molar-refractivity contribution is 7.26. The summed E-state index contributed by atoms with van der Waals surface area (Å²) in [6.45, 7) is 22.0. The molecule has 9 aromatic rings. The fraction of sp³-hybridized carbons (Fsp3) is 0.0702. The quantitative estimate of drug-likeness (QED) is 0.101. The van der Waals surface area contributed by atoms with Gasteiger partial charge >= 0.3 is 0 Å². The molecule has 64 heavy (non-hydrogen) atoms. The van der Waals surface area contributed by atoms with Crippen molar-refractivity contribution in [1.82, 2.24) is 24.9 Å². The maximum atomic E-state index is 6.58. The third-order valence-electron chi connectivity index (χ3n) is 10.3. The molecule has 5 aromatic carbocycles. The molecule has 4 heterocycles. The van der Waals surface area contributed by atoms with E-state index in [1.54, 1.807) is 23.5 Å². The first-order chi connectivity index (χ1) is 31.5. The Morgan fingerprint density at radius 1 is 0.594 bits per heavy atom. The third-order valence-corrected chi connectivity index (χ3v) is 11.5. The van der Waals surface area contributed by atoms with E-state index in [1.807, 2.05) is 125 Å². The minimum absolute atomic E-state index is 0.525. The van der Waals surface area contributed by atoms with Crippen LogP contribution in [-0.2, 0) is 0 Å². The molecule has 0 amide bonds. The summed E-state index contributed by atoms with van der Waals surface area (Å²) in [5.74, 6) is 2.90. The lowest BCUT2D eigenvalue weighted by Gasteiger charge is -2.11. The Morgan fingerprint density at radius 3 is 1.83 bits per heavy atom. The average Bonchev–Trinajstić information content (AvgIpc) is 3.93. The van der Waals surface area contributed by atoms with Crippen LogP contribution in [-0.4, -0.2) is 24.9 Å². The van der Waals surface area contributed by atoms with Crippen molar-refractivity contribution in [2.45, 2.75) is 27.7 Å². The van der Waals surface area contributed by atoms with Gasteiger partial charge in [0.25, 0.3) is 0 Å². The second kappa shape index (κ2) is 20.8. The molecule has 0 aliphatic heterocycles. The van der Waals surface area contributed by atoms with E-state index in [9.17, 15) is 0 Å². The van der Waals surface area contributed by atoms with Crippen LogP contribution in [0.4, 0.5) is 0 Å². The van der Waals surface area contributed by atoms with Crippen LogP contribution in [0.1, 0.15) is 50.4 Å². The Hall–Kier alpha value is -7.87. The van der Waals surface area contributed by atoms with Gasteiger partial charge in [0.05, 0.1) is 15.9 Å². The van der Waals surface area contributed by atoms with E-state index in [0.717, 1.165) is 71.2 Å². The number of furan rings is 1. The molecule has 0 fully saturated rings. The number of aromatic nitrogens is 5. The molecule has 0 aliphatic carbocycles. The zero-order valence-electron chi connectivity index (χ0n) is 36.6. The van der Waals surface area contributed by atoms with Gasteiger partial charge in [-0.3, -0.25) is 0 Å². The number of hydrogen-bond acceptors (Lipinski definition) is 7. The van der Waals surface area contributed by atoms with E-state index in [2.05, 4.69) is 93.1 Å². The second-order valence-corrected chi connectivity index (χ2v) is 15.3. The van der Waals surface area contributed by atoms with Crippen LogP contribution in [0, 0.1) is 0 Å². The molecule has 0 saturated heterocycles. The Bertz CT molecular complexity index is 3200. The molecule has 0 atom stereocenters. The molecule has 0 unspecified atom stereocenters. The highest BCUT2D eigenvalue weighted by Crippen LogP contribution is 2.41. The molecule has 4 aromatic heterocycles. The van der Waals surface area contributed by atoms with Gasteiger partial charge in [0.1, 0.15) is 11.3 Å². The van der Waals surface area contributed by atoms with Gasteiger partial charge < -0.3 is 4.42 Å². The summed E-state index contributed by atoms with van der Waals surface area (Å²) < 4.78 is 8.82. The Kier molecular flexibility index (Phi) is 14.4. The van der Waals surface area contributed by atoms with Gasteiger partial charge in [-0.2, -0.15) is 0 Å². The maximum absolute atomic E-state index is 6.58. The molecule has 6 nitrogen and oxygen atoms in total. The first-order valence-corrected chi connectivity index (χ1v) is 21.9. The Balaban J connectivity index is 0.000000968. The van der Waals surface area contributed by atoms with Gasteiger partial charge in [-0.05, 0) is 63.1 Å². The first-order valence-electron chi connectivity index (χ1n) is 21.0. The van der Waals surface area contributed by atoms with Crippen LogP contribution in [0.2, 0.25) is 0 Å². The summed E-state index contributed by atoms with van der Waals surface area (Å²) in [5, 5.41) is 2.01. The van der Waals surface area contributed by atoms with E-state index in [-0.39, 0.29) is 0 Å². The topological polar surface area (TPSA) is 77.6 Å². The normalized spacial score (nSPS) is 11.8. The summed E-state index contributed by atoms with van der Waals surface area (Å²) in [6.07, 6.45) is 15.6. The number of rotatable bonds is 10. The van der Waals surface area contributed by atoms with Crippen LogP contribution in [0.25, 0.3) is 93.9 Å². The fourth-order valence-electron chi connectivity index (χ4n) is 7.28. The van der Waals surface area contributed by atoms with E-state index in [1.165, 1.54) is 4.70 Å². The monoisotopic (exact) mass is 851 g/mol. The molecular formula is C57H49N5OS. The minimum atomic E-state index is 0.525. The van der Waals surface area contributed by atoms with Crippen molar-refractivity contribution in [1.29, 1.82) is 0 Å². The molecule has 314 valence electrons. The van der Waals surface area contributed by atoms with Crippen LogP contribution < -0.4 is 0 Å². The van der Waals surface area contributed by atoms with E-state index >= 15 is 0 Å². The van der Waals surface area contributed by atoms with Crippen molar-refractivity contribution in [3.8, 4) is 45.4 Å². The molecule has 7 heteroatoms. The lowest BCUT2D eigenvalue weighted by atomic mass is 9.99. The minimum Gasteiger partial charge on any atom is -0.456 e. The molecule has 0 saturated carbocycles. The molecule has 0 aliphatic rings. The molecule has 0 radical (unpaired) electrons. The van der Waals surface area contributed by atoms with E-state index in [4.69, 9.17) is 29.3 Å². The van der Waals surface area contributed by atoms with Crippen molar-refractivity contribution in [3.05, 3.63) is 219 Å². The van der Waals surface area contributed by atoms with Gasteiger partial charge in [0, 0.05) is 48.9 Å². The molecule has 0 spiro atoms. The highest BCUT2D eigenvalue weighted by Gasteiger charge is 2.23. The standard InChI is InChI=1S/C51H37N5OS.C4H8.C2H4/c1-5-17-32(18-6-2)33-25-27-36(28-26-33)49-54-48(35-21-13-10-14-22-35)55-51(56-49)38(7-3)44-39-30-29-37(31-42(39)57-41(44)8-4)50-52-45(34-19-11-9-12-20-34)47-46(53-50)40-23-15-16-24-43(40)58-47;1-3-4-2;1-2/h5-31H,1,4H2,2-3H3;3-4H,1-2H3;1-2H2/b18-6-,32-17+,38-7+;4-3-;. The largest absolute Gasteiger partial charge is 0.456 e. The van der Waals surface area contributed by atoms with Crippen molar-refractivity contribution < 1.29 is 4.42 Å². The lowest BCUT2D eigenvalue weighted by molar-refractivity contribution is 0.603. The smallest absolute Gasteiger partial charge is 0.164 e. The predicted molar refractivity (Wildman–Crippen MR) is 274 cm³/mol. The Labute approximate surface area is 379 Å². The van der Waals surface area contributed by atoms with Crippen LogP contribution in [0.15, 0.2) is 201 Å². The van der Waals surface area contributed by atoms with Crippen LogP contribution in [0.3, 0.4) is 0 Å². The predicted octanol–water partition coefficient (Wildman–Crippen LogP) is 16.1. The third kappa shape index (κ3) is 9.16. The molecular weight excluding hydrogens is 803 g/mol. The van der Waals surface area contributed by atoms with Crippen molar-refractivity contribution in [2.75, 3.05) is 0 Å². The number of thiophene rings is 1. The summed E-state index contributed by atoms with van der Waals surface area (Å²) in [5.41, 5.74) is 9.96. The summed E-state index contributed by atoms with van der Waals surface area (Å²) in [7, 11) is 0. The highest BCUT2D eigenvalue weighted by atomic mass is 32.1. The molecule has 9 rings (SSSR count). The average molecular weight is 852 g/mol.